The zero-order valence-corrected chi connectivity index (χ0v) is 21.0. The van der Waals surface area contributed by atoms with Crippen LogP contribution in [0, 0.1) is 0 Å². The number of halogens is 5. The Morgan fingerprint density at radius 1 is 0.946 bits per heavy atom. The van der Waals surface area contributed by atoms with Crippen LogP contribution >= 0.6 is 23.2 Å². The van der Waals surface area contributed by atoms with Crippen molar-refractivity contribution in [1.29, 1.82) is 0 Å². The fourth-order valence-electron chi connectivity index (χ4n) is 3.01. The Morgan fingerprint density at radius 3 is 2.19 bits per heavy atom. The number of rotatable bonds is 7. The number of methoxy groups -OCH3 is 1. The van der Waals surface area contributed by atoms with Gasteiger partial charge in [-0.15, -0.1) is 0 Å². The van der Waals surface area contributed by atoms with E-state index in [1.54, 1.807) is 43.3 Å². The number of hydrazone groups is 1. The molecule has 37 heavy (non-hydrogen) atoms. The Hall–Kier alpha value is -3.76. The number of benzene rings is 3. The van der Waals surface area contributed by atoms with E-state index in [1.807, 2.05) is 0 Å². The third-order valence-corrected chi connectivity index (χ3v) is 5.72. The second kappa shape index (κ2) is 12.0. The summed E-state index contributed by atoms with van der Waals surface area (Å²) in [6.45, 7) is 1.69. The molecule has 0 aliphatic heterocycles. The van der Waals surface area contributed by atoms with Gasteiger partial charge in [-0.25, -0.2) is 5.43 Å². The monoisotopic (exact) mass is 553 g/mol. The van der Waals surface area contributed by atoms with Gasteiger partial charge in [-0.1, -0.05) is 29.3 Å². The van der Waals surface area contributed by atoms with Crippen LogP contribution in [-0.2, 0) is 22.4 Å². The Kier molecular flexibility index (Phi) is 9.01. The number of hydrogen-bond acceptors (Lipinski definition) is 5. The fraction of sp³-hybridized carbons (Fsp3) is 0.160. The normalized spacial score (nSPS) is 11.6. The summed E-state index contributed by atoms with van der Waals surface area (Å²) in [5, 5.41) is 7.03. The Morgan fingerprint density at radius 2 is 1.59 bits per heavy atom. The molecule has 0 bridgehead atoms. The number of nitrogens with one attached hydrogen (secondary N) is 2. The van der Waals surface area contributed by atoms with Gasteiger partial charge >= 0.3 is 18.0 Å². The number of carbonyl (C=O) groups excluding carboxylic acids is 2. The first kappa shape index (κ1) is 27.8. The molecule has 0 atom stereocenters. The molecule has 3 aromatic carbocycles. The first-order valence-electron chi connectivity index (χ1n) is 10.6. The fourth-order valence-corrected chi connectivity index (χ4v) is 3.52. The standard InChI is InChI=1S/C25H20Cl2F3N3O4/c1-14(32-33-24(35)23(34)31-17-9-7-16(8-10-17)25(28,29)30)15-6-11-21(22(12-15)36-2)37-13-18-19(26)4-3-5-20(18)27/h3-12H,13H2,1-2H3,(H,31,34)(H,33,35). The highest BCUT2D eigenvalue weighted by atomic mass is 35.5. The molecule has 0 unspecified atom stereocenters. The maximum atomic E-state index is 12.6. The summed E-state index contributed by atoms with van der Waals surface area (Å²) in [7, 11) is 1.45. The summed E-state index contributed by atoms with van der Waals surface area (Å²) in [5.41, 5.74) is 2.76. The van der Waals surface area contributed by atoms with Crippen LogP contribution in [0.4, 0.5) is 18.9 Å². The molecule has 12 heteroatoms. The van der Waals surface area contributed by atoms with Crippen molar-refractivity contribution in [3.8, 4) is 11.5 Å². The molecule has 0 heterocycles. The molecule has 3 aromatic rings. The van der Waals surface area contributed by atoms with Gasteiger partial charge in [-0.2, -0.15) is 18.3 Å². The SMILES string of the molecule is COc1cc(C(C)=NNC(=O)C(=O)Nc2ccc(C(F)(F)F)cc2)ccc1OCc1c(Cl)cccc1Cl. The van der Waals surface area contributed by atoms with E-state index in [9.17, 15) is 22.8 Å². The Labute approximate surface area is 220 Å². The van der Waals surface area contributed by atoms with Crippen molar-refractivity contribution < 1.29 is 32.2 Å². The van der Waals surface area contributed by atoms with Gasteiger partial charge in [-0.05, 0) is 61.5 Å². The van der Waals surface area contributed by atoms with Gasteiger partial charge in [-0.3, -0.25) is 9.59 Å². The third kappa shape index (κ3) is 7.37. The predicted molar refractivity (Wildman–Crippen MR) is 134 cm³/mol. The average molecular weight is 554 g/mol. The molecule has 0 radical (unpaired) electrons. The number of nitrogens with zero attached hydrogens (tertiary/aromatic N) is 1. The number of anilines is 1. The second-order valence-corrected chi connectivity index (χ2v) is 8.34. The molecule has 2 amide bonds. The lowest BCUT2D eigenvalue weighted by atomic mass is 10.1. The van der Waals surface area contributed by atoms with E-state index in [0.717, 1.165) is 24.3 Å². The quantitative estimate of drug-likeness (QED) is 0.211. The van der Waals surface area contributed by atoms with Crippen LogP contribution < -0.4 is 20.2 Å². The maximum Gasteiger partial charge on any atom is 0.416 e. The van der Waals surface area contributed by atoms with E-state index in [2.05, 4.69) is 15.8 Å². The van der Waals surface area contributed by atoms with E-state index in [1.165, 1.54) is 7.11 Å². The van der Waals surface area contributed by atoms with Crippen LogP contribution in [0.1, 0.15) is 23.6 Å². The van der Waals surface area contributed by atoms with Crippen molar-refractivity contribution in [3.63, 3.8) is 0 Å². The molecule has 0 saturated heterocycles. The van der Waals surface area contributed by atoms with Crippen LogP contribution in [-0.4, -0.2) is 24.6 Å². The van der Waals surface area contributed by atoms with Crippen molar-refractivity contribution >= 4 is 46.4 Å². The number of alkyl halides is 3. The minimum absolute atomic E-state index is 0.0206. The number of ether oxygens (including phenoxy) is 2. The highest BCUT2D eigenvalue weighted by molar-refractivity contribution is 6.39. The number of hydrogen-bond donors (Lipinski definition) is 2. The van der Waals surface area contributed by atoms with E-state index < -0.39 is 23.6 Å². The Balaban J connectivity index is 1.62. The summed E-state index contributed by atoms with van der Waals surface area (Å²) in [5.74, 6) is -1.42. The lowest BCUT2D eigenvalue weighted by Gasteiger charge is -2.13. The molecule has 0 aromatic heterocycles. The highest BCUT2D eigenvalue weighted by Gasteiger charge is 2.30. The van der Waals surface area contributed by atoms with Crippen LogP contribution in [0.25, 0.3) is 0 Å². The van der Waals surface area contributed by atoms with Gasteiger partial charge in [0.1, 0.15) is 6.61 Å². The highest BCUT2D eigenvalue weighted by Crippen LogP contribution is 2.32. The van der Waals surface area contributed by atoms with Crippen LogP contribution in [0.2, 0.25) is 10.0 Å². The third-order valence-electron chi connectivity index (χ3n) is 5.02. The molecule has 7 nitrogen and oxygen atoms in total. The molecule has 0 fully saturated rings. The maximum absolute atomic E-state index is 12.6. The molecular formula is C25H20Cl2F3N3O4. The predicted octanol–water partition coefficient (Wildman–Crippen LogP) is 6.08. The molecule has 0 aliphatic carbocycles. The van der Waals surface area contributed by atoms with Gasteiger partial charge in [0.15, 0.2) is 11.5 Å². The van der Waals surface area contributed by atoms with Gasteiger partial charge < -0.3 is 14.8 Å². The van der Waals surface area contributed by atoms with Crippen LogP contribution in [0.5, 0.6) is 11.5 Å². The van der Waals surface area contributed by atoms with E-state index >= 15 is 0 Å². The van der Waals surface area contributed by atoms with E-state index in [0.29, 0.717) is 38.4 Å². The van der Waals surface area contributed by atoms with Crippen LogP contribution in [0.3, 0.4) is 0 Å². The van der Waals surface area contributed by atoms with Crippen molar-refractivity contribution in [3.05, 3.63) is 87.4 Å². The molecule has 2 N–H and O–H groups in total. The number of amides is 2. The first-order valence-corrected chi connectivity index (χ1v) is 11.3. The van der Waals surface area contributed by atoms with Gasteiger partial charge in [0.25, 0.3) is 0 Å². The van der Waals surface area contributed by atoms with Gasteiger partial charge in [0.05, 0.1) is 18.4 Å². The molecule has 0 spiro atoms. The summed E-state index contributed by atoms with van der Waals surface area (Å²) in [6, 6.07) is 13.7. The minimum Gasteiger partial charge on any atom is -0.493 e. The van der Waals surface area contributed by atoms with E-state index in [4.69, 9.17) is 32.7 Å². The molecule has 0 aliphatic rings. The van der Waals surface area contributed by atoms with E-state index in [-0.39, 0.29) is 12.3 Å². The van der Waals surface area contributed by atoms with Crippen molar-refractivity contribution in [2.75, 3.05) is 12.4 Å². The van der Waals surface area contributed by atoms with Crippen LogP contribution in [0.15, 0.2) is 65.8 Å². The largest absolute Gasteiger partial charge is 0.493 e. The lowest BCUT2D eigenvalue weighted by Crippen LogP contribution is -2.33. The second-order valence-electron chi connectivity index (χ2n) is 7.52. The summed E-state index contributed by atoms with van der Waals surface area (Å²) < 4.78 is 49.1. The molecule has 0 saturated carbocycles. The molecule has 194 valence electrons. The summed E-state index contributed by atoms with van der Waals surface area (Å²) >= 11 is 12.3. The molecular weight excluding hydrogens is 534 g/mol. The first-order chi connectivity index (χ1) is 17.5. The van der Waals surface area contributed by atoms with Crippen molar-refractivity contribution in [2.45, 2.75) is 19.7 Å². The van der Waals surface area contributed by atoms with Crippen molar-refractivity contribution in [1.82, 2.24) is 5.43 Å². The zero-order valence-electron chi connectivity index (χ0n) is 19.5. The van der Waals surface area contributed by atoms with Gasteiger partial charge in [0, 0.05) is 26.9 Å². The van der Waals surface area contributed by atoms with Gasteiger partial charge in [0.2, 0.25) is 0 Å². The summed E-state index contributed by atoms with van der Waals surface area (Å²) in [4.78, 5) is 24.1. The molecule has 3 rings (SSSR count). The zero-order chi connectivity index (χ0) is 27.2. The summed E-state index contributed by atoms with van der Waals surface area (Å²) in [6.07, 6.45) is -4.51. The minimum atomic E-state index is -4.51. The average Bonchev–Trinajstić information content (AvgIpc) is 2.86. The van der Waals surface area contributed by atoms with Crippen molar-refractivity contribution in [2.24, 2.45) is 5.10 Å². The lowest BCUT2D eigenvalue weighted by molar-refractivity contribution is -0.137. The number of carbonyl (C=O) groups is 2. The topological polar surface area (TPSA) is 89.0 Å². The Bertz CT molecular complexity index is 1310. The smallest absolute Gasteiger partial charge is 0.416 e.